The maximum atomic E-state index is 9.33. The number of thiazole rings is 6. The summed E-state index contributed by atoms with van der Waals surface area (Å²) in [5, 5.41) is 70.4. The van der Waals surface area contributed by atoms with Crippen LogP contribution in [0.3, 0.4) is 0 Å². The summed E-state index contributed by atoms with van der Waals surface area (Å²) in [6.45, 7) is 24.1. The number of azo groups is 6. The molecule has 12 aromatic rings. The summed E-state index contributed by atoms with van der Waals surface area (Å²) in [7, 11) is 6.28. The van der Waals surface area contributed by atoms with Gasteiger partial charge in [-0.15, -0.1) is 0 Å². The van der Waals surface area contributed by atoms with Gasteiger partial charge in [-0.1, -0.05) is 0 Å². The number of anilines is 6. The normalized spacial score (nSPS) is 11.6. The van der Waals surface area contributed by atoms with Gasteiger partial charge in [-0.25, -0.2) is 27.4 Å². The Kier molecular flexibility index (Phi) is 43.6. The molecule has 2 N–H and O–H groups in total. The fraction of sp³-hybridized carbons (Fsp3) is 0.379. The Bertz CT molecular complexity index is 5060. The number of aryl methyl sites for hydroxylation is 6. The van der Waals surface area contributed by atoms with Gasteiger partial charge in [-0.05, 0) is 331 Å². The van der Waals surface area contributed by atoms with E-state index in [0.717, 1.165) is 196 Å². The SMILES string of the molecule is CC[n+]1ccsc1N=Nc1ccc(N(C)CCCCCN(C)c2ccc(N=Nc3scc[n+]3CC)cc2)cc1.CC[n+]1ccsc1N=Nc1ccc(N(C)CCCCN(C)c2ccc(N=Nc3scc[n+]3CC)cc2)cc1.CC[n+]1ccsc1N=Nc1ccc(N(C)CCCCN(C)c2ccc(N=Nc3scc[n+]3CC)cc2)cc1.COS(=O)(=O)O.COS(=O)(=O)O. The number of nitrogens with zero attached hydrogens (tertiary/aromatic N) is 24. The van der Waals surface area contributed by atoms with Crippen LogP contribution in [0.4, 0.5) is 99.0 Å². The number of hydrogen-bond donors (Lipinski definition) is 2. The van der Waals surface area contributed by atoms with Gasteiger partial charge in [0.25, 0.3) is 0 Å². The minimum Gasteiger partial charge on any atom is -0.375 e. The number of hydrogen-bond acceptors (Lipinski definition) is 30. The van der Waals surface area contributed by atoms with Gasteiger partial charge >= 0.3 is 51.6 Å². The molecule has 40 heteroatoms. The molecule has 0 radical (unpaired) electrons. The number of benzene rings is 6. The van der Waals surface area contributed by atoms with Crippen molar-refractivity contribution in [1.29, 1.82) is 0 Å². The smallest absolute Gasteiger partial charge is 0.375 e. The molecular formula is C87H118N24O8S8+6. The Hall–Kier alpha value is -10.8. The Morgan fingerprint density at radius 2 is 0.386 bits per heavy atom. The third-order valence-corrected chi connectivity index (χ3v) is 25.2. The minimum absolute atomic E-state index is 0.864. The zero-order valence-corrected chi connectivity index (χ0v) is 81.1. The van der Waals surface area contributed by atoms with Crippen molar-refractivity contribution in [3.63, 3.8) is 0 Å². The molecule has 6 heterocycles. The number of rotatable bonds is 42. The molecule has 12 rings (SSSR count). The monoisotopic (exact) mass is 1880 g/mol. The summed E-state index contributed by atoms with van der Waals surface area (Å²) < 4.78 is 71.9. The highest BCUT2D eigenvalue weighted by Crippen LogP contribution is 2.31. The second-order valence-electron chi connectivity index (χ2n) is 28.3. The van der Waals surface area contributed by atoms with Gasteiger partial charge in [0.05, 0.1) is 84.2 Å². The standard InChI is InChI=1S/C29H38N8S2.2C28H36N8S2.2CH4O4S/c1-5-36-20-22-38-28(36)32-30-24-10-14-26(15-11-24)34(3)18-8-7-9-19-35(4)27-16-12-25(13-17-27)31-33-29-37(6-2)21-23-39-29;2*1-5-35-19-21-37-27(35)31-29-23-9-13-25(14-10-23)33(3)17-7-8-18-34(4)26-15-11-24(12-16-26)30-32-28-36(6-2)20-22-38-28;2*1-5-6(2,3)4/h10-17,20-23H,5-9,18-19H2,1-4H3;2*9-16,19-22H,5-8,17-18H2,1-4H3;2*1H3,(H,2,3,4)/q3*+2;;. The van der Waals surface area contributed by atoms with Gasteiger partial charge in [0.2, 0.25) is 0 Å². The molecule has 127 heavy (non-hydrogen) atoms. The molecular weight excluding hydrogens is 1770 g/mol. The zero-order valence-electron chi connectivity index (χ0n) is 74.6. The summed E-state index contributed by atoms with van der Waals surface area (Å²) in [6.07, 6.45) is 20.2. The number of aromatic nitrogens is 6. The lowest BCUT2D eigenvalue weighted by Crippen LogP contribution is -2.28. The first-order valence-electron chi connectivity index (χ1n) is 41.6. The van der Waals surface area contributed by atoms with E-state index < -0.39 is 20.8 Å². The first-order chi connectivity index (χ1) is 61.3. The van der Waals surface area contributed by atoms with Crippen molar-refractivity contribution in [3.05, 3.63) is 215 Å². The molecule has 0 saturated heterocycles. The molecule has 0 unspecified atom stereocenters. The highest BCUT2D eigenvalue weighted by atomic mass is 32.3. The lowest BCUT2D eigenvalue weighted by molar-refractivity contribution is -0.677. The van der Waals surface area contributed by atoms with E-state index in [1.807, 2.05) is 142 Å². The third-order valence-electron chi connectivity index (χ3n) is 19.6. The van der Waals surface area contributed by atoms with Crippen LogP contribution in [0.5, 0.6) is 0 Å². The largest absolute Gasteiger partial charge is 0.408 e. The predicted molar refractivity (Wildman–Crippen MR) is 514 cm³/mol. The molecule has 0 aliphatic carbocycles. The minimum atomic E-state index is -4.16. The lowest BCUT2D eigenvalue weighted by Gasteiger charge is -2.22. The van der Waals surface area contributed by atoms with Crippen LogP contribution >= 0.6 is 68.0 Å². The van der Waals surface area contributed by atoms with Crippen molar-refractivity contribution < 1.29 is 61.7 Å². The van der Waals surface area contributed by atoms with Gasteiger partial charge in [-0.3, -0.25) is 17.5 Å². The van der Waals surface area contributed by atoms with E-state index in [-0.39, 0.29) is 0 Å². The van der Waals surface area contributed by atoms with E-state index in [2.05, 4.69) is 283 Å². The Morgan fingerprint density at radius 1 is 0.252 bits per heavy atom. The van der Waals surface area contributed by atoms with Crippen LogP contribution < -0.4 is 56.8 Å². The first-order valence-corrected chi connectivity index (χ1v) is 49.6. The zero-order chi connectivity index (χ0) is 91.4. The summed E-state index contributed by atoms with van der Waals surface area (Å²) in [5.41, 5.74) is 12.4. The third kappa shape index (κ3) is 35.8. The van der Waals surface area contributed by atoms with Crippen LogP contribution in [0.25, 0.3) is 0 Å². The van der Waals surface area contributed by atoms with Crippen molar-refractivity contribution in [2.75, 3.05) is 125 Å². The average Bonchev–Trinajstić information content (AvgIpc) is 1.86. The molecule has 0 aliphatic rings. The van der Waals surface area contributed by atoms with E-state index in [1.165, 1.54) is 40.5 Å². The average molecular weight is 1880 g/mol. The van der Waals surface area contributed by atoms with E-state index in [4.69, 9.17) is 9.11 Å². The maximum Gasteiger partial charge on any atom is 0.408 e. The van der Waals surface area contributed by atoms with Crippen LogP contribution in [0, 0.1) is 0 Å². The van der Waals surface area contributed by atoms with Crippen molar-refractivity contribution >= 4 is 188 Å². The topological polar surface area (TPSA) is 318 Å². The number of unbranched alkanes of at least 4 members (excludes halogenated alkanes) is 4. The van der Waals surface area contributed by atoms with Crippen molar-refractivity contribution in [3.8, 4) is 0 Å². The van der Waals surface area contributed by atoms with Gasteiger partial charge in [-0.2, -0.15) is 16.8 Å². The highest BCUT2D eigenvalue weighted by molar-refractivity contribution is 7.81. The molecule has 0 atom stereocenters. The molecule has 6 aromatic carbocycles. The lowest BCUT2D eigenvalue weighted by atomic mass is 10.2. The second kappa shape index (κ2) is 54.4. The van der Waals surface area contributed by atoms with E-state index in [1.54, 1.807) is 68.0 Å². The summed E-state index contributed by atoms with van der Waals surface area (Å²) in [6, 6.07) is 49.7. The van der Waals surface area contributed by atoms with E-state index in [0.29, 0.717) is 0 Å². The molecule has 32 nitrogen and oxygen atoms in total. The first kappa shape index (κ1) is 102. The highest BCUT2D eigenvalue weighted by Gasteiger charge is 2.18. The summed E-state index contributed by atoms with van der Waals surface area (Å²) >= 11 is 9.60. The summed E-state index contributed by atoms with van der Waals surface area (Å²) in [5.74, 6) is 0. The Labute approximate surface area is 771 Å². The predicted octanol–water partition coefficient (Wildman–Crippen LogP) is 22.1. The van der Waals surface area contributed by atoms with Gasteiger partial charge in [0.15, 0.2) is 0 Å². The second-order valence-corrected chi connectivity index (χ2v) is 35.9. The van der Waals surface area contributed by atoms with Gasteiger partial charge in [0.1, 0.15) is 71.3 Å². The quantitative estimate of drug-likeness (QED) is 0.0156. The molecule has 0 fully saturated rings. The summed E-state index contributed by atoms with van der Waals surface area (Å²) in [4.78, 5) is 13.8. The molecule has 676 valence electrons. The van der Waals surface area contributed by atoms with Crippen molar-refractivity contribution in [2.45, 2.75) is 126 Å². The van der Waals surface area contributed by atoms with Crippen LogP contribution in [-0.2, 0) is 68.4 Å². The fourth-order valence-corrected chi connectivity index (χ4v) is 16.5. The van der Waals surface area contributed by atoms with Gasteiger partial charge < -0.3 is 29.4 Å². The molecule has 0 spiro atoms. The van der Waals surface area contributed by atoms with Gasteiger partial charge in [0, 0.05) is 148 Å². The van der Waals surface area contributed by atoms with E-state index >= 15 is 0 Å². The Morgan fingerprint density at radius 3 is 0.512 bits per heavy atom. The van der Waals surface area contributed by atoms with Crippen molar-refractivity contribution in [1.82, 2.24) is 0 Å². The van der Waals surface area contributed by atoms with Crippen LogP contribution in [0.15, 0.2) is 276 Å². The molecule has 0 aliphatic heterocycles. The molecule has 0 bridgehead atoms. The van der Waals surface area contributed by atoms with Crippen LogP contribution in [0.2, 0.25) is 0 Å². The Balaban J connectivity index is 0.000000221. The molecule has 6 aromatic heterocycles. The maximum absolute atomic E-state index is 9.33. The fourth-order valence-electron chi connectivity index (χ4n) is 12.0. The van der Waals surface area contributed by atoms with Crippen LogP contribution in [0.1, 0.15) is 86.5 Å². The van der Waals surface area contributed by atoms with E-state index in [9.17, 15) is 16.8 Å². The molecule has 0 saturated carbocycles. The molecule has 0 amide bonds. The van der Waals surface area contributed by atoms with Crippen molar-refractivity contribution in [2.24, 2.45) is 61.4 Å². The van der Waals surface area contributed by atoms with Crippen LogP contribution in [-0.4, -0.2) is 122 Å².